The van der Waals surface area contributed by atoms with Gasteiger partial charge < -0.3 is 14.9 Å². The molecule has 2 N–H and O–H groups in total. The lowest BCUT2D eigenvalue weighted by Crippen LogP contribution is -2.02. The topological polar surface area (TPSA) is 66.8 Å². The number of aliphatic hydroxyl groups is 1. The Balaban J connectivity index is 1.65. The van der Waals surface area contributed by atoms with Gasteiger partial charge in [-0.25, -0.2) is 4.39 Å². The molecule has 0 aliphatic rings. The van der Waals surface area contributed by atoms with Gasteiger partial charge in [0.2, 0.25) is 0 Å². The lowest BCUT2D eigenvalue weighted by molar-refractivity contribution is 0.104. The Morgan fingerprint density at radius 1 is 1.00 bits per heavy atom. The number of carbonyl (C=O) groups is 1. The van der Waals surface area contributed by atoms with Crippen molar-refractivity contribution in [2.24, 2.45) is 0 Å². The summed E-state index contributed by atoms with van der Waals surface area (Å²) in [6.45, 7) is 0.433. The van der Waals surface area contributed by atoms with E-state index in [1.165, 1.54) is 36.4 Å². The molecule has 0 unspecified atom stereocenters. The first kappa shape index (κ1) is 19.2. The van der Waals surface area contributed by atoms with E-state index in [0.717, 1.165) is 18.1 Å². The van der Waals surface area contributed by atoms with Gasteiger partial charge in [0.1, 0.15) is 23.1 Å². The highest BCUT2D eigenvalue weighted by molar-refractivity contribution is 6.09. The number of hydrogen-bond donors (Lipinski definition) is 2. The molecule has 0 heterocycles. The van der Waals surface area contributed by atoms with E-state index < -0.39 is 11.6 Å². The summed E-state index contributed by atoms with van der Waals surface area (Å²) in [6, 6.07) is 19.3. The lowest BCUT2D eigenvalue weighted by Gasteiger charge is -2.08. The summed E-state index contributed by atoms with van der Waals surface area (Å²) in [5.41, 5.74) is 1.47. The van der Waals surface area contributed by atoms with Crippen LogP contribution in [0.1, 0.15) is 21.5 Å². The number of halogens is 1. The largest absolute Gasteiger partial charge is 0.507 e. The van der Waals surface area contributed by atoms with Crippen molar-refractivity contribution in [1.82, 2.24) is 0 Å². The van der Waals surface area contributed by atoms with Crippen LogP contribution in [0.2, 0.25) is 0 Å². The van der Waals surface area contributed by atoms with Gasteiger partial charge >= 0.3 is 0 Å². The maximum Gasteiger partial charge on any atom is 0.193 e. The molecular formula is C23H19FO4. The number of ether oxygens (including phenoxy) is 1. The van der Waals surface area contributed by atoms with Crippen molar-refractivity contribution in [2.45, 2.75) is 6.42 Å². The predicted molar refractivity (Wildman–Crippen MR) is 105 cm³/mol. The van der Waals surface area contributed by atoms with Crippen LogP contribution in [0.5, 0.6) is 11.5 Å². The zero-order valence-electron chi connectivity index (χ0n) is 15.0. The molecule has 0 spiro atoms. The minimum atomic E-state index is -0.574. The van der Waals surface area contributed by atoms with E-state index >= 15 is 0 Å². The summed E-state index contributed by atoms with van der Waals surface area (Å²) < 4.78 is 18.6. The number of aliphatic hydroxyl groups excluding tert-OH is 1. The monoisotopic (exact) mass is 378 g/mol. The fourth-order valence-electron chi connectivity index (χ4n) is 2.65. The van der Waals surface area contributed by atoms with Crippen LogP contribution < -0.4 is 4.74 Å². The van der Waals surface area contributed by atoms with Crippen molar-refractivity contribution >= 4 is 11.5 Å². The molecule has 0 fully saturated rings. The smallest absolute Gasteiger partial charge is 0.193 e. The Hall–Kier alpha value is -3.60. The minimum absolute atomic E-state index is 0.0315. The second-order valence-corrected chi connectivity index (χ2v) is 6.16. The Morgan fingerprint density at radius 3 is 2.39 bits per heavy atom. The zero-order chi connectivity index (χ0) is 19.9. The molecule has 4 nitrogen and oxygen atoms in total. The molecule has 0 saturated heterocycles. The summed E-state index contributed by atoms with van der Waals surface area (Å²) >= 11 is 0. The molecule has 142 valence electrons. The third kappa shape index (κ3) is 4.98. The maximum atomic E-state index is 12.9. The van der Waals surface area contributed by atoms with E-state index in [4.69, 9.17) is 4.74 Å². The van der Waals surface area contributed by atoms with Crippen LogP contribution in [0.3, 0.4) is 0 Å². The first-order chi connectivity index (χ1) is 13.5. The SMILES string of the molecule is O=C(/C=C(\O)c1ccc(F)cc1)c1ccc(OCCc2ccccc2)cc1O. The third-order valence-electron chi connectivity index (χ3n) is 4.14. The van der Waals surface area contributed by atoms with Crippen LogP contribution in [0.25, 0.3) is 5.76 Å². The molecule has 0 radical (unpaired) electrons. The van der Waals surface area contributed by atoms with Crippen molar-refractivity contribution in [2.75, 3.05) is 6.61 Å². The van der Waals surface area contributed by atoms with Gasteiger partial charge in [-0.3, -0.25) is 4.79 Å². The van der Waals surface area contributed by atoms with E-state index in [-0.39, 0.29) is 17.1 Å². The van der Waals surface area contributed by atoms with Crippen LogP contribution in [-0.2, 0) is 6.42 Å². The number of phenolic OH excluding ortho intramolecular Hbond substituents is 1. The number of hydrogen-bond acceptors (Lipinski definition) is 4. The number of allylic oxidation sites excluding steroid dienone is 1. The van der Waals surface area contributed by atoms with Gasteiger partial charge in [0.15, 0.2) is 5.78 Å². The highest BCUT2D eigenvalue weighted by Crippen LogP contribution is 2.25. The Morgan fingerprint density at radius 2 is 1.71 bits per heavy atom. The van der Waals surface area contributed by atoms with Crippen LogP contribution in [0, 0.1) is 5.82 Å². The van der Waals surface area contributed by atoms with Gasteiger partial charge in [0.05, 0.1) is 12.2 Å². The molecule has 5 heteroatoms. The number of benzene rings is 3. The second kappa shape index (κ2) is 8.86. The molecule has 0 aliphatic carbocycles. The molecule has 0 saturated carbocycles. The fourth-order valence-corrected chi connectivity index (χ4v) is 2.65. The highest BCUT2D eigenvalue weighted by atomic mass is 19.1. The molecule has 3 aromatic carbocycles. The molecule has 3 aromatic rings. The van der Waals surface area contributed by atoms with Crippen LogP contribution in [0.4, 0.5) is 4.39 Å². The number of aromatic hydroxyl groups is 1. The van der Waals surface area contributed by atoms with Crippen molar-refractivity contribution in [1.29, 1.82) is 0 Å². The molecule has 3 rings (SSSR count). The Bertz CT molecular complexity index is 979. The predicted octanol–water partition coefficient (Wildman–Crippen LogP) is 4.93. The van der Waals surface area contributed by atoms with Gasteiger partial charge in [-0.2, -0.15) is 0 Å². The number of carbonyl (C=O) groups excluding carboxylic acids is 1. The van der Waals surface area contributed by atoms with Crippen molar-refractivity contribution < 1.29 is 24.1 Å². The van der Waals surface area contributed by atoms with E-state index in [1.54, 1.807) is 6.07 Å². The van der Waals surface area contributed by atoms with Gasteiger partial charge in [-0.05, 0) is 42.0 Å². The van der Waals surface area contributed by atoms with Gasteiger partial charge in [-0.1, -0.05) is 30.3 Å². The highest BCUT2D eigenvalue weighted by Gasteiger charge is 2.12. The van der Waals surface area contributed by atoms with Crippen molar-refractivity contribution in [3.8, 4) is 11.5 Å². The van der Waals surface area contributed by atoms with Crippen molar-refractivity contribution in [3.05, 3.63) is 101 Å². The number of rotatable bonds is 7. The summed E-state index contributed by atoms with van der Waals surface area (Å²) in [7, 11) is 0. The standard InChI is InChI=1S/C23H19FO4/c24-18-8-6-17(7-9-18)21(25)15-23(27)20-11-10-19(14-22(20)26)28-13-12-16-4-2-1-3-5-16/h1-11,14-15,25-26H,12-13H2/b21-15-. The molecule has 0 aromatic heterocycles. The van der Waals surface area contributed by atoms with Gasteiger partial charge in [-0.15, -0.1) is 0 Å². The summed E-state index contributed by atoms with van der Waals surface area (Å²) in [4.78, 5) is 12.3. The van der Waals surface area contributed by atoms with E-state index in [2.05, 4.69) is 0 Å². The Labute approximate surface area is 162 Å². The molecule has 28 heavy (non-hydrogen) atoms. The van der Waals surface area contributed by atoms with Crippen LogP contribution in [0.15, 0.2) is 78.9 Å². The fraction of sp³-hybridized carbons (Fsp3) is 0.0870. The maximum absolute atomic E-state index is 12.9. The number of ketones is 1. The van der Waals surface area contributed by atoms with Crippen LogP contribution >= 0.6 is 0 Å². The van der Waals surface area contributed by atoms with Gasteiger partial charge in [0, 0.05) is 24.1 Å². The minimum Gasteiger partial charge on any atom is -0.507 e. The summed E-state index contributed by atoms with van der Waals surface area (Å²) in [5.74, 6) is -1.13. The lowest BCUT2D eigenvalue weighted by atomic mass is 10.1. The number of phenols is 1. The van der Waals surface area contributed by atoms with Crippen molar-refractivity contribution in [3.63, 3.8) is 0 Å². The first-order valence-corrected chi connectivity index (χ1v) is 8.73. The van der Waals surface area contributed by atoms with E-state index in [1.807, 2.05) is 30.3 Å². The average molecular weight is 378 g/mol. The molecule has 0 aliphatic heterocycles. The second-order valence-electron chi connectivity index (χ2n) is 6.16. The van der Waals surface area contributed by atoms with Gasteiger partial charge in [0.25, 0.3) is 0 Å². The molecular weight excluding hydrogens is 359 g/mol. The molecule has 0 atom stereocenters. The molecule has 0 bridgehead atoms. The van der Waals surface area contributed by atoms with E-state index in [0.29, 0.717) is 17.9 Å². The summed E-state index contributed by atoms with van der Waals surface area (Å²) in [5, 5.41) is 20.2. The third-order valence-corrected chi connectivity index (χ3v) is 4.14. The normalized spacial score (nSPS) is 11.2. The Kier molecular flexibility index (Phi) is 6.07. The average Bonchev–Trinajstić information content (AvgIpc) is 2.69. The summed E-state index contributed by atoms with van der Waals surface area (Å²) in [6.07, 6.45) is 1.70. The zero-order valence-corrected chi connectivity index (χ0v) is 15.0. The quantitative estimate of drug-likeness (QED) is 0.347. The van der Waals surface area contributed by atoms with Crippen LogP contribution in [-0.4, -0.2) is 22.6 Å². The molecule has 0 amide bonds. The first-order valence-electron chi connectivity index (χ1n) is 8.73. The van der Waals surface area contributed by atoms with E-state index in [9.17, 15) is 19.4 Å².